The molecule has 0 saturated heterocycles. The normalized spacial score (nSPS) is 15.8. The zero-order valence-electron chi connectivity index (χ0n) is 9.72. The lowest BCUT2D eigenvalue weighted by Gasteiger charge is -2.18. The summed E-state index contributed by atoms with van der Waals surface area (Å²) >= 11 is 6.68. The lowest BCUT2D eigenvalue weighted by Crippen LogP contribution is -2.23. The van der Waals surface area contributed by atoms with Gasteiger partial charge in [0.15, 0.2) is 0 Å². The van der Waals surface area contributed by atoms with Gasteiger partial charge < -0.3 is 5.73 Å². The molecule has 0 aromatic carbocycles. The summed E-state index contributed by atoms with van der Waals surface area (Å²) in [6, 6.07) is 4.04. The Morgan fingerprint density at radius 3 is 2.59 bits per heavy atom. The fourth-order valence-electron chi connectivity index (χ4n) is 1.30. The molecule has 2 unspecified atom stereocenters. The average Bonchev–Trinajstić information content (AvgIpc) is 2.57. The molecule has 0 aliphatic rings. The van der Waals surface area contributed by atoms with E-state index in [9.17, 15) is 8.42 Å². The molecule has 0 fully saturated rings. The lowest BCUT2D eigenvalue weighted by molar-refractivity contribution is 0.603. The molecule has 1 aromatic heterocycles. The average molecular weight is 358 g/mol. The number of thiophene rings is 1. The van der Waals surface area contributed by atoms with Crippen molar-refractivity contribution in [1.29, 1.82) is 0 Å². The standard InChI is InChI=1S/C10H16BrNO2S3/c1-7(12)10(8-3-4-9(11)16-8)15-5-6-17(2,13)14/h3-4,7,10H,5-6,12H2,1-2H3. The predicted octanol–water partition coefficient (Wildman–Crippen LogP) is 2.68. The van der Waals surface area contributed by atoms with Crippen molar-refractivity contribution >= 4 is 48.9 Å². The second-order valence-electron chi connectivity index (χ2n) is 3.92. The molecule has 0 aliphatic carbocycles. The van der Waals surface area contributed by atoms with Crippen LogP contribution in [0.5, 0.6) is 0 Å². The van der Waals surface area contributed by atoms with Crippen LogP contribution in [0.1, 0.15) is 17.1 Å². The van der Waals surface area contributed by atoms with E-state index < -0.39 is 9.84 Å². The van der Waals surface area contributed by atoms with Crippen LogP contribution in [0.25, 0.3) is 0 Å². The van der Waals surface area contributed by atoms with Gasteiger partial charge in [-0.2, -0.15) is 11.8 Å². The van der Waals surface area contributed by atoms with Gasteiger partial charge in [0.2, 0.25) is 0 Å². The summed E-state index contributed by atoms with van der Waals surface area (Å²) in [5.74, 6) is 0.786. The minimum Gasteiger partial charge on any atom is -0.327 e. The first-order valence-corrected chi connectivity index (χ1v) is 9.81. The number of nitrogens with two attached hydrogens (primary N) is 1. The van der Waals surface area contributed by atoms with E-state index in [1.165, 1.54) is 11.1 Å². The third-order valence-electron chi connectivity index (χ3n) is 2.10. The molecule has 0 aliphatic heterocycles. The van der Waals surface area contributed by atoms with Gasteiger partial charge in [0.1, 0.15) is 9.84 Å². The van der Waals surface area contributed by atoms with Crippen LogP contribution in [0.3, 0.4) is 0 Å². The fraction of sp³-hybridized carbons (Fsp3) is 0.600. The molecular weight excluding hydrogens is 342 g/mol. The minimum absolute atomic E-state index is 0.00473. The molecule has 1 aromatic rings. The van der Waals surface area contributed by atoms with E-state index in [0.717, 1.165) is 3.79 Å². The summed E-state index contributed by atoms with van der Waals surface area (Å²) in [7, 11) is -2.89. The Kier molecular flexibility index (Phi) is 5.98. The van der Waals surface area contributed by atoms with Gasteiger partial charge in [-0.05, 0) is 35.0 Å². The Balaban J connectivity index is 2.62. The molecule has 7 heteroatoms. The van der Waals surface area contributed by atoms with Crippen LogP contribution in [-0.4, -0.2) is 32.2 Å². The van der Waals surface area contributed by atoms with Gasteiger partial charge in [-0.15, -0.1) is 11.3 Å². The van der Waals surface area contributed by atoms with E-state index in [-0.39, 0.29) is 17.0 Å². The van der Waals surface area contributed by atoms with Crippen LogP contribution in [0.2, 0.25) is 0 Å². The molecule has 0 saturated carbocycles. The first-order chi connectivity index (χ1) is 7.79. The quantitative estimate of drug-likeness (QED) is 0.849. The topological polar surface area (TPSA) is 60.2 Å². The molecular formula is C10H16BrNO2S3. The van der Waals surface area contributed by atoms with Crippen molar-refractivity contribution in [2.75, 3.05) is 17.8 Å². The molecule has 1 rings (SSSR count). The number of halogens is 1. The molecule has 0 bridgehead atoms. The second kappa shape index (κ2) is 6.56. The summed E-state index contributed by atoms with van der Waals surface area (Å²) < 4.78 is 23.2. The van der Waals surface area contributed by atoms with Gasteiger partial charge in [-0.1, -0.05) is 0 Å². The Bertz CT molecular complexity index is 456. The monoisotopic (exact) mass is 357 g/mol. The Hall–Kier alpha value is 0.440. The van der Waals surface area contributed by atoms with Crippen molar-refractivity contribution in [3.8, 4) is 0 Å². The highest BCUT2D eigenvalue weighted by atomic mass is 79.9. The largest absolute Gasteiger partial charge is 0.327 e. The van der Waals surface area contributed by atoms with Crippen molar-refractivity contribution in [1.82, 2.24) is 0 Å². The van der Waals surface area contributed by atoms with Crippen molar-refractivity contribution < 1.29 is 8.42 Å². The minimum atomic E-state index is -2.89. The molecule has 0 radical (unpaired) electrons. The van der Waals surface area contributed by atoms with Crippen LogP contribution in [0.15, 0.2) is 15.9 Å². The molecule has 17 heavy (non-hydrogen) atoms. The Labute approximate surface area is 119 Å². The summed E-state index contributed by atoms with van der Waals surface area (Å²) in [5, 5.41) is 0.160. The van der Waals surface area contributed by atoms with E-state index in [2.05, 4.69) is 15.9 Å². The van der Waals surface area contributed by atoms with E-state index in [1.54, 1.807) is 23.1 Å². The third-order valence-corrected chi connectivity index (χ3v) is 6.65. The van der Waals surface area contributed by atoms with Gasteiger partial charge in [-0.25, -0.2) is 8.42 Å². The molecule has 2 atom stereocenters. The van der Waals surface area contributed by atoms with Crippen LogP contribution in [0.4, 0.5) is 0 Å². The summed E-state index contributed by atoms with van der Waals surface area (Å²) in [5.41, 5.74) is 5.95. The number of sulfone groups is 1. The first-order valence-electron chi connectivity index (χ1n) is 5.10. The zero-order valence-corrected chi connectivity index (χ0v) is 13.8. The van der Waals surface area contributed by atoms with Gasteiger partial charge in [0.05, 0.1) is 14.8 Å². The molecule has 0 amide bonds. The van der Waals surface area contributed by atoms with Gasteiger partial charge >= 0.3 is 0 Å². The molecule has 0 spiro atoms. The third kappa shape index (κ3) is 5.74. The van der Waals surface area contributed by atoms with E-state index in [1.807, 2.05) is 19.1 Å². The predicted molar refractivity (Wildman–Crippen MR) is 80.6 cm³/mol. The van der Waals surface area contributed by atoms with Crippen LogP contribution >= 0.6 is 39.0 Å². The maximum Gasteiger partial charge on any atom is 0.148 e. The van der Waals surface area contributed by atoms with Crippen LogP contribution in [-0.2, 0) is 9.84 Å². The highest BCUT2D eigenvalue weighted by molar-refractivity contribution is 9.11. The lowest BCUT2D eigenvalue weighted by atomic mass is 10.2. The Morgan fingerprint density at radius 1 is 1.53 bits per heavy atom. The number of rotatable bonds is 6. The molecule has 1 heterocycles. The number of hydrogen-bond acceptors (Lipinski definition) is 5. The van der Waals surface area contributed by atoms with Crippen molar-refractivity contribution in [2.24, 2.45) is 5.73 Å². The highest BCUT2D eigenvalue weighted by Gasteiger charge is 2.19. The van der Waals surface area contributed by atoms with Crippen molar-refractivity contribution in [2.45, 2.75) is 18.2 Å². The Morgan fingerprint density at radius 2 is 2.18 bits per heavy atom. The fourth-order valence-corrected chi connectivity index (χ4v) is 5.57. The van der Waals surface area contributed by atoms with Crippen LogP contribution in [0, 0.1) is 0 Å². The van der Waals surface area contributed by atoms with Gasteiger partial charge in [-0.3, -0.25) is 0 Å². The smallest absolute Gasteiger partial charge is 0.148 e. The number of hydrogen-bond donors (Lipinski definition) is 1. The maximum absolute atomic E-state index is 11.1. The summed E-state index contributed by atoms with van der Waals surface area (Å²) in [6.45, 7) is 1.95. The van der Waals surface area contributed by atoms with Crippen LogP contribution < -0.4 is 5.73 Å². The van der Waals surface area contributed by atoms with E-state index in [0.29, 0.717) is 5.75 Å². The maximum atomic E-state index is 11.1. The van der Waals surface area contributed by atoms with Crippen molar-refractivity contribution in [3.05, 3.63) is 20.8 Å². The highest BCUT2D eigenvalue weighted by Crippen LogP contribution is 2.37. The van der Waals surface area contributed by atoms with Gasteiger partial charge in [0, 0.05) is 22.9 Å². The van der Waals surface area contributed by atoms with E-state index in [4.69, 9.17) is 5.73 Å². The van der Waals surface area contributed by atoms with Gasteiger partial charge in [0.25, 0.3) is 0 Å². The molecule has 98 valence electrons. The SMILES string of the molecule is CC(N)C(SCCS(C)(=O)=O)c1ccc(Br)s1. The summed E-state index contributed by atoms with van der Waals surface area (Å²) in [6.07, 6.45) is 1.26. The van der Waals surface area contributed by atoms with Crippen molar-refractivity contribution in [3.63, 3.8) is 0 Å². The molecule has 2 N–H and O–H groups in total. The number of thioether (sulfide) groups is 1. The molecule has 3 nitrogen and oxygen atoms in total. The zero-order chi connectivity index (χ0) is 13.1. The van der Waals surface area contributed by atoms with E-state index >= 15 is 0 Å². The summed E-state index contributed by atoms with van der Waals surface area (Å²) in [4.78, 5) is 1.19. The first kappa shape index (κ1) is 15.5. The second-order valence-corrected chi connectivity index (χ2v) is 9.93.